The van der Waals surface area contributed by atoms with Crippen LogP contribution in [0.3, 0.4) is 0 Å². The van der Waals surface area contributed by atoms with E-state index in [-0.39, 0.29) is 29.4 Å². The first kappa shape index (κ1) is 24.6. The number of aliphatic imine (C=N–C) groups is 1. The Morgan fingerprint density at radius 2 is 1.73 bits per heavy atom. The number of carbonyl (C=O) groups excluding carboxylic acids is 2. The number of fused-ring (bicyclic) bond motifs is 2. The fourth-order valence-electron chi connectivity index (χ4n) is 4.51. The molecule has 0 aromatic heterocycles. The Bertz CT molecular complexity index is 753. The van der Waals surface area contributed by atoms with Gasteiger partial charge in [-0.2, -0.15) is 13.2 Å². The van der Waals surface area contributed by atoms with Gasteiger partial charge in [-0.05, 0) is 57.8 Å². The van der Waals surface area contributed by atoms with E-state index >= 15 is 0 Å². The summed E-state index contributed by atoms with van der Waals surface area (Å²) >= 11 is 0. The van der Waals surface area contributed by atoms with E-state index in [0.717, 1.165) is 0 Å². The van der Waals surface area contributed by atoms with E-state index in [2.05, 4.69) is 9.73 Å². The third-order valence-electron chi connectivity index (χ3n) is 6.41. The molecule has 172 valence electrons. The number of hydrogen-bond donors (Lipinski definition) is 2. The van der Waals surface area contributed by atoms with Crippen LogP contribution in [0.25, 0.3) is 0 Å². The van der Waals surface area contributed by atoms with Crippen LogP contribution in [0.5, 0.6) is 0 Å². The van der Waals surface area contributed by atoms with Crippen LogP contribution < -0.4 is 0 Å². The average molecular weight is 437 g/mol. The van der Waals surface area contributed by atoms with Crippen molar-refractivity contribution in [3.8, 4) is 0 Å². The van der Waals surface area contributed by atoms with E-state index in [0.29, 0.717) is 13.5 Å². The molecule has 3 saturated carbocycles. The zero-order valence-electron chi connectivity index (χ0n) is 18.3. The number of alkyl halides is 3. The largest absolute Gasteiger partial charge is 0.467 e. The predicted molar refractivity (Wildman–Crippen MR) is 101 cm³/mol. The number of methoxy groups -OCH3 is 1. The summed E-state index contributed by atoms with van der Waals surface area (Å²) in [6, 6.07) is -2.69. The van der Waals surface area contributed by atoms with Crippen molar-refractivity contribution in [1.82, 2.24) is 0 Å². The van der Waals surface area contributed by atoms with Crippen LogP contribution in [0.15, 0.2) is 4.99 Å². The van der Waals surface area contributed by atoms with E-state index in [1.54, 1.807) is 0 Å². The molecule has 3 rings (SSSR count). The maximum Gasteiger partial charge on any atom is 0.431 e. The molecule has 0 spiro atoms. The van der Waals surface area contributed by atoms with E-state index in [9.17, 15) is 33.0 Å². The molecular weight excluding hydrogens is 407 g/mol. The Hall–Kier alpha value is -1.68. The van der Waals surface area contributed by atoms with Crippen molar-refractivity contribution in [3.05, 3.63) is 0 Å². The second kappa shape index (κ2) is 7.19. The van der Waals surface area contributed by atoms with Crippen LogP contribution in [-0.2, 0) is 19.1 Å². The molecule has 0 heterocycles. The zero-order valence-corrected chi connectivity index (χ0v) is 18.3. The van der Waals surface area contributed by atoms with Gasteiger partial charge in [-0.3, -0.25) is 4.99 Å². The summed E-state index contributed by atoms with van der Waals surface area (Å²) in [6.07, 6.45) is -4.80. The van der Waals surface area contributed by atoms with Crippen molar-refractivity contribution >= 4 is 17.7 Å². The van der Waals surface area contributed by atoms with Gasteiger partial charge in [-0.1, -0.05) is 13.8 Å². The van der Waals surface area contributed by atoms with Gasteiger partial charge in [0.1, 0.15) is 11.2 Å². The number of ether oxygens (including phenoxy) is 2. The second-order valence-corrected chi connectivity index (χ2v) is 9.93. The van der Waals surface area contributed by atoms with Crippen LogP contribution in [0.2, 0.25) is 0 Å². The SMILES string of the molecule is COC(=O)[C@](O)([C@H](N=C1C[C@H]2C[C@H](C2(C)C)[C@@]1(C)O)C(=O)OC(C)(C)C)C(F)(F)F. The van der Waals surface area contributed by atoms with Gasteiger partial charge < -0.3 is 19.7 Å². The smallest absolute Gasteiger partial charge is 0.431 e. The lowest BCUT2D eigenvalue weighted by molar-refractivity contribution is -0.269. The number of carbonyl (C=O) groups is 2. The van der Waals surface area contributed by atoms with Crippen LogP contribution >= 0.6 is 0 Å². The maximum absolute atomic E-state index is 13.9. The number of nitrogens with zero attached hydrogens (tertiary/aromatic N) is 1. The first-order chi connectivity index (χ1) is 13.3. The van der Waals surface area contributed by atoms with E-state index in [4.69, 9.17) is 4.74 Å². The lowest BCUT2D eigenvalue weighted by Gasteiger charge is -2.62. The molecule has 0 amide bonds. The summed E-state index contributed by atoms with van der Waals surface area (Å²) in [5.74, 6) is -3.89. The fraction of sp³-hybridized carbons (Fsp3) is 0.850. The van der Waals surface area contributed by atoms with Crippen molar-refractivity contribution in [1.29, 1.82) is 0 Å². The maximum atomic E-state index is 13.9. The van der Waals surface area contributed by atoms with Gasteiger partial charge in [-0.15, -0.1) is 0 Å². The number of rotatable bonds is 4. The molecule has 30 heavy (non-hydrogen) atoms. The Morgan fingerprint density at radius 3 is 2.10 bits per heavy atom. The van der Waals surface area contributed by atoms with Gasteiger partial charge in [0.05, 0.1) is 7.11 Å². The Balaban J connectivity index is 2.62. The molecule has 0 unspecified atom stereocenters. The summed E-state index contributed by atoms with van der Waals surface area (Å²) in [6.45, 7) is 9.59. The fourth-order valence-corrected chi connectivity index (χ4v) is 4.51. The molecule has 3 aliphatic rings. The lowest BCUT2D eigenvalue weighted by atomic mass is 9.44. The van der Waals surface area contributed by atoms with E-state index in [1.807, 2.05) is 13.8 Å². The first-order valence-electron chi connectivity index (χ1n) is 9.70. The van der Waals surface area contributed by atoms with Crippen molar-refractivity contribution in [2.24, 2.45) is 22.2 Å². The van der Waals surface area contributed by atoms with Gasteiger partial charge in [0.15, 0.2) is 6.04 Å². The van der Waals surface area contributed by atoms with Crippen molar-refractivity contribution in [2.45, 2.75) is 83.4 Å². The van der Waals surface area contributed by atoms with Gasteiger partial charge in [0.25, 0.3) is 5.60 Å². The average Bonchev–Trinajstić information content (AvgIpc) is 2.55. The quantitative estimate of drug-likeness (QED) is 0.655. The summed E-state index contributed by atoms with van der Waals surface area (Å²) in [5.41, 5.74) is -7.43. The summed E-state index contributed by atoms with van der Waals surface area (Å²) in [5, 5.41) is 21.5. The molecule has 0 aromatic carbocycles. The topological polar surface area (TPSA) is 105 Å². The van der Waals surface area contributed by atoms with Crippen LogP contribution in [0.4, 0.5) is 13.2 Å². The highest BCUT2D eigenvalue weighted by atomic mass is 19.4. The Kier molecular flexibility index (Phi) is 5.89. The number of esters is 2. The molecule has 0 saturated heterocycles. The van der Waals surface area contributed by atoms with Crippen LogP contribution in [-0.4, -0.2) is 64.0 Å². The molecule has 3 fully saturated rings. The Morgan fingerprint density at radius 1 is 1.20 bits per heavy atom. The molecule has 3 aliphatic carbocycles. The van der Waals surface area contributed by atoms with Gasteiger partial charge in [0.2, 0.25) is 0 Å². The minimum atomic E-state index is -5.59. The Labute approximate surface area is 173 Å². The minimum absolute atomic E-state index is 0.0397. The number of aliphatic hydroxyl groups is 2. The molecule has 0 aliphatic heterocycles. The monoisotopic (exact) mass is 437 g/mol. The number of halogens is 3. The molecule has 7 nitrogen and oxygen atoms in total. The highest BCUT2D eigenvalue weighted by Crippen LogP contribution is 2.61. The van der Waals surface area contributed by atoms with E-state index in [1.165, 1.54) is 27.7 Å². The molecule has 10 heteroatoms. The first-order valence-corrected chi connectivity index (χ1v) is 9.70. The lowest BCUT2D eigenvalue weighted by Crippen LogP contribution is -2.67. The van der Waals surface area contributed by atoms with Crippen molar-refractivity contribution in [3.63, 3.8) is 0 Å². The predicted octanol–water partition coefficient (Wildman–Crippen LogP) is 2.42. The molecule has 5 atom stereocenters. The van der Waals surface area contributed by atoms with Gasteiger partial charge in [-0.25, -0.2) is 9.59 Å². The zero-order chi connectivity index (χ0) is 23.5. The minimum Gasteiger partial charge on any atom is -0.467 e. The second-order valence-electron chi connectivity index (χ2n) is 9.93. The van der Waals surface area contributed by atoms with Crippen molar-refractivity contribution < 1.29 is 42.4 Å². The van der Waals surface area contributed by atoms with Crippen molar-refractivity contribution in [2.75, 3.05) is 7.11 Å². The van der Waals surface area contributed by atoms with Gasteiger partial charge >= 0.3 is 18.1 Å². The molecule has 2 N–H and O–H groups in total. The van der Waals surface area contributed by atoms with Gasteiger partial charge in [0, 0.05) is 5.71 Å². The summed E-state index contributed by atoms with van der Waals surface area (Å²) < 4.78 is 50.7. The van der Waals surface area contributed by atoms with Crippen LogP contribution in [0, 0.1) is 17.3 Å². The third-order valence-corrected chi connectivity index (χ3v) is 6.41. The van der Waals surface area contributed by atoms with Crippen LogP contribution in [0.1, 0.15) is 54.4 Å². The highest BCUT2D eigenvalue weighted by molar-refractivity contribution is 5.98. The molecule has 0 radical (unpaired) electrons. The highest BCUT2D eigenvalue weighted by Gasteiger charge is 2.69. The number of hydrogen-bond acceptors (Lipinski definition) is 7. The molecular formula is C20H30F3NO6. The standard InChI is InChI=1S/C20H30F3NO6/c1-16(2,3)30-14(25)13(19(28,15(26)29-7)20(21,22)23)24-12-9-10-8-11(17(10,4)5)18(12,6)27/h10-11,13,27-28H,8-9H2,1-7H3/t10-,11-,13-,18-,19-/m1/s1. The molecule has 0 aromatic rings. The normalized spacial score (nSPS) is 32.6. The summed E-state index contributed by atoms with van der Waals surface area (Å²) in [7, 11) is 0.660. The molecule has 2 bridgehead atoms. The van der Waals surface area contributed by atoms with E-state index < -0.39 is 41.0 Å². The third kappa shape index (κ3) is 3.84. The summed E-state index contributed by atoms with van der Waals surface area (Å²) in [4.78, 5) is 28.6.